The maximum atomic E-state index is 12.5. The normalized spacial score (nSPS) is 18.9. The quantitative estimate of drug-likeness (QED) is 0.786. The van der Waals surface area contributed by atoms with Crippen LogP contribution in [-0.2, 0) is 14.4 Å². The van der Waals surface area contributed by atoms with Crippen LogP contribution in [-0.4, -0.2) is 47.6 Å². The van der Waals surface area contributed by atoms with Crippen molar-refractivity contribution in [2.75, 3.05) is 19.1 Å². The van der Waals surface area contributed by atoms with E-state index in [1.54, 1.807) is 18.2 Å². The summed E-state index contributed by atoms with van der Waals surface area (Å²) in [6.45, 7) is 1.49. The lowest BCUT2D eigenvalue weighted by atomic mass is 10.2. The molecule has 0 saturated carbocycles. The van der Waals surface area contributed by atoms with Crippen molar-refractivity contribution in [1.29, 1.82) is 0 Å². The molecular formula is C15H17NO6S. The zero-order valence-electron chi connectivity index (χ0n) is 12.9. The Hall–Kier alpha value is -2.22. The fourth-order valence-corrected chi connectivity index (χ4v) is 3.31. The van der Waals surface area contributed by atoms with Gasteiger partial charge in [0.15, 0.2) is 0 Å². The minimum absolute atomic E-state index is 0.0314. The zero-order chi connectivity index (χ0) is 17.1. The van der Waals surface area contributed by atoms with Crippen LogP contribution in [0.3, 0.4) is 0 Å². The number of rotatable bonds is 6. The molecule has 1 aliphatic heterocycles. The van der Waals surface area contributed by atoms with Gasteiger partial charge in [0.2, 0.25) is 11.8 Å². The molecule has 0 aliphatic carbocycles. The van der Waals surface area contributed by atoms with Gasteiger partial charge in [0.05, 0.1) is 25.2 Å². The molecule has 2 atom stereocenters. The van der Waals surface area contributed by atoms with Gasteiger partial charge in [-0.1, -0.05) is 0 Å². The van der Waals surface area contributed by atoms with Gasteiger partial charge >= 0.3 is 5.97 Å². The van der Waals surface area contributed by atoms with Crippen molar-refractivity contribution in [3.63, 3.8) is 0 Å². The third-order valence-electron chi connectivity index (χ3n) is 3.45. The van der Waals surface area contributed by atoms with Crippen LogP contribution in [0.1, 0.15) is 13.3 Å². The van der Waals surface area contributed by atoms with Gasteiger partial charge in [-0.3, -0.25) is 14.4 Å². The van der Waals surface area contributed by atoms with Crippen LogP contribution in [0.15, 0.2) is 18.2 Å². The van der Waals surface area contributed by atoms with Gasteiger partial charge in [0.25, 0.3) is 0 Å². The fourth-order valence-electron chi connectivity index (χ4n) is 2.24. The Bertz CT molecular complexity index is 647. The van der Waals surface area contributed by atoms with E-state index in [2.05, 4.69) is 0 Å². The molecule has 0 bridgehead atoms. The summed E-state index contributed by atoms with van der Waals surface area (Å²) < 4.78 is 10.3. The van der Waals surface area contributed by atoms with Crippen molar-refractivity contribution in [3.05, 3.63) is 18.2 Å². The summed E-state index contributed by atoms with van der Waals surface area (Å²) in [6, 6.07) is 4.77. The first kappa shape index (κ1) is 17.1. The topological polar surface area (TPSA) is 93.1 Å². The lowest BCUT2D eigenvalue weighted by molar-refractivity contribution is -0.136. The van der Waals surface area contributed by atoms with Crippen LogP contribution in [0.4, 0.5) is 5.69 Å². The molecule has 1 saturated heterocycles. The molecule has 0 radical (unpaired) electrons. The highest BCUT2D eigenvalue weighted by atomic mass is 32.2. The molecular weight excluding hydrogens is 322 g/mol. The molecule has 2 amide bonds. The van der Waals surface area contributed by atoms with E-state index < -0.39 is 22.4 Å². The van der Waals surface area contributed by atoms with Crippen molar-refractivity contribution in [1.82, 2.24) is 0 Å². The highest BCUT2D eigenvalue weighted by Crippen LogP contribution is 2.38. The van der Waals surface area contributed by atoms with Crippen molar-refractivity contribution >= 4 is 35.2 Å². The van der Waals surface area contributed by atoms with Crippen LogP contribution in [0, 0.1) is 0 Å². The summed E-state index contributed by atoms with van der Waals surface area (Å²) in [4.78, 5) is 36.7. The number of amides is 2. The molecule has 0 spiro atoms. The van der Waals surface area contributed by atoms with Gasteiger partial charge in [-0.05, 0) is 19.1 Å². The monoisotopic (exact) mass is 339 g/mol. The lowest BCUT2D eigenvalue weighted by Gasteiger charge is -2.19. The number of anilines is 1. The number of carboxylic acids is 1. The van der Waals surface area contributed by atoms with Gasteiger partial charge in [-0.25, -0.2) is 4.90 Å². The average molecular weight is 339 g/mol. The minimum Gasteiger partial charge on any atom is -0.497 e. The number of hydrogen-bond donors (Lipinski definition) is 1. The Labute approximate surface area is 137 Å². The van der Waals surface area contributed by atoms with E-state index in [0.29, 0.717) is 17.2 Å². The summed E-state index contributed by atoms with van der Waals surface area (Å²) in [5, 5.41) is 7.48. The minimum atomic E-state index is -1.02. The van der Waals surface area contributed by atoms with Crippen molar-refractivity contribution < 1.29 is 29.0 Å². The molecule has 1 fully saturated rings. The number of carbonyl (C=O) groups is 3. The summed E-state index contributed by atoms with van der Waals surface area (Å²) in [6.07, 6.45) is -0.0314. The number of thioether (sulfide) groups is 1. The molecule has 1 aliphatic rings. The highest BCUT2D eigenvalue weighted by molar-refractivity contribution is 8.01. The third kappa shape index (κ3) is 3.42. The standard InChI is InChI=1S/C15H17NO6S/c1-8(15(19)20)23-12-7-13(17)16(14(12)18)10-5-4-9(21-2)6-11(10)22-3/h4-6,8,12H,7H2,1-3H3,(H,19,20). The van der Waals surface area contributed by atoms with Crippen LogP contribution < -0.4 is 14.4 Å². The van der Waals surface area contributed by atoms with Crippen LogP contribution >= 0.6 is 11.8 Å². The van der Waals surface area contributed by atoms with Gasteiger partial charge in [0, 0.05) is 12.5 Å². The van der Waals surface area contributed by atoms with Gasteiger partial charge in [-0.15, -0.1) is 11.8 Å². The Morgan fingerprint density at radius 1 is 1.35 bits per heavy atom. The number of benzene rings is 1. The Morgan fingerprint density at radius 2 is 2.04 bits per heavy atom. The summed E-state index contributed by atoms with van der Waals surface area (Å²) in [5.74, 6) is -0.959. The molecule has 124 valence electrons. The Kier molecular flexibility index (Phi) is 5.15. The van der Waals surface area contributed by atoms with E-state index in [9.17, 15) is 14.4 Å². The van der Waals surface area contributed by atoms with Crippen LogP contribution in [0.25, 0.3) is 0 Å². The predicted octanol–water partition coefficient (Wildman–Crippen LogP) is 1.54. The molecule has 1 heterocycles. The van der Waals surface area contributed by atoms with Gasteiger partial charge < -0.3 is 14.6 Å². The fraction of sp³-hybridized carbons (Fsp3) is 0.400. The molecule has 8 heteroatoms. The molecule has 1 aromatic carbocycles. The molecule has 2 unspecified atom stereocenters. The number of methoxy groups -OCH3 is 2. The number of carboxylic acid groups (broad SMARTS) is 1. The van der Waals surface area contributed by atoms with Crippen molar-refractivity contribution in [2.24, 2.45) is 0 Å². The molecule has 23 heavy (non-hydrogen) atoms. The second-order valence-electron chi connectivity index (χ2n) is 4.91. The lowest BCUT2D eigenvalue weighted by Crippen LogP contribution is -2.32. The van der Waals surface area contributed by atoms with Crippen molar-refractivity contribution in [3.8, 4) is 11.5 Å². The first-order valence-electron chi connectivity index (χ1n) is 6.86. The number of nitrogens with zero attached hydrogens (tertiary/aromatic N) is 1. The summed E-state index contributed by atoms with van der Waals surface area (Å²) >= 11 is 0.970. The average Bonchev–Trinajstić information content (AvgIpc) is 2.80. The van der Waals surface area contributed by atoms with E-state index in [1.165, 1.54) is 21.1 Å². The van der Waals surface area contributed by atoms with E-state index in [1.807, 2.05) is 0 Å². The first-order valence-corrected chi connectivity index (χ1v) is 7.80. The van der Waals surface area contributed by atoms with E-state index in [4.69, 9.17) is 14.6 Å². The maximum Gasteiger partial charge on any atom is 0.316 e. The third-order valence-corrected chi connectivity index (χ3v) is 4.76. The molecule has 1 aromatic rings. The summed E-state index contributed by atoms with van der Waals surface area (Å²) in [7, 11) is 2.93. The Morgan fingerprint density at radius 3 is 2.61 bits per heavy atom. The Balaban J connectivity index is 2.28. The second kappa shape index (κ2) is 6.91. The number of carbonyl (C=O) groups excluding carboxylic acids is 2. The van der Waals surface area contributed by atoms with E-state index in [-0.39, 0.29) is 12.3 Å². The molecule has 2 rings (SSSR count). The first-order chi connectivity index (χ1) is 10.9. The van der Waals surface area contributed by atoms with Crippen LogP contribution in [0.5, 0.6) is 11.5 Å². The smallest absolute Gasteiger partial charge is 0.316 e. The number of ether oxygens (including phenoxy) is 2. The zero-order valence-corrected chi connectivity index (χ0v) is 13.8. The largest absolute Gasteiger partial charge is 0.497 e. The van der Waals surface area contributed by atoms with Crippen LogP contribution in [0.2, 0.25) is 0 Å². The SMILES string of the molecule is COc1ccc(N2C(=O)CC(SC(C)C(=O)O)C2=O)c(OC)c1. The highest BCUT2D eigenvalue weighted by Gasteiger charge is 2.42. The molecule has 1 N–H and O–H groups in total. The number of hydrogen-bond acceptors (Lipinski definition) is 6. The predicted molar refractivity (Wildman–Crippen MR) is 85.1 cm³/mol. The van der Waals surface area contributed by atoms with E-state index >= 15 is 0 Å². The summed E-state index contributed by atoms with van der Waals surface area (Å²) in [5.41, 5.74) is 0.328. The maximum absolute atomic E-state index is 12.5. The number of imide groups is 1. The number of aliphatic carboxylic acids is 1. The second-order valence-corrected chi connectivity index (χ2v) is 6.46. The molecule has 0 aromatic heterocycles. The van der Waals surface area contributed by atoms with Gasteiger partial charge in [-0.2, -0.15) is 0 Å². The van der Waals surface area contributed by atoms with Crippen molar-refractivity contribution in [2.45, 2.75) is 23.8 Å². The van der Waals surface area contributed by atoms with E-state index in [0.717, 1.165) is 16.7 Å². The van der Waals surface area contributed by atoms with Gasteiger partial charge in [0.1, 0.15) is 16.7 Å². The molecule has 7 nitrogen and oxygen atoms in total.